The van der Waals surface area contributed by atoms with Gasteiger partial charge in [0.25, 0.3) is 5.91 Å². The van der Waals surface area contributed by atoms with Gasteiger partial charge in [0.05, 0.1) is 5.69 Å². The van der Waals surface area contributed by atoms with Crippen molar-refractivity contribution in [1.82, 2.24) is 0 Å². The van der Waals surface area contributed by atoms with E-state index in [1.807, 2.05) is 25.2 Å². The standard InChI is InChI=1S/C13H18N2O2S/c1-14(6-3-7-18)10-4-5-12-11(8-10)15(2)13(16)9-17-12/h4-5,8,18H,3,6-7,9H2,1-2H3. The number of fused-ring (bicyclic) bond motifs is 1. The van der Waals surface area contributed by atoms with Gasteiger partial charge in [-0.1, -0.05) is 0 Å². The third kappa shape index (κ3) is 2.56. The second kappa shape index (κ2) is 5.52. The molecule has 0 N–H and O–H groups in total. The number of carbonyl (C=O) groups excluding carboxylic acids is 1. The minimum absolute atomic E-state index is 0.0161. The lowest BCUT2D eigenvalue weighted by molar-refractivity contribution is -0.120. The van der Waals surface area contributed by atoms with Gasteiger partial charge in [0.2, 0.25) is 0 Å². The number of thiol groups is 1. The molecule has 0 aliphatic carbocycles. The van der Waals surface area contributed by atoms with Crippen LogP contribution in [0.3, 0.4) is 0 Å². The number of carbonyl (C=O) groups is 1. The quantitative estimate of drug-likeness (QED) is 0.844. The number of hydrogen-bond donors (Lipinski definition) is 1. The number of likely N-dealkylation sites (N-methyl/N-ethyl adjacent to an activating group) is 1. The topological polar surface area (TPSA) is 32.8 Å². The highest BCUT2D eigenvalue weighted by molar-refractivity contribution is 7.80. The Balaban J connectivity index is 2.23. The molecule has 0 bridgehead atoms. The molecule has 1 aromatic carbocycles. The van der Waals surface area contributed by atoms with E-state index in [1.165, 1.54) is 0 Å². The summed E-state index contributed by atoms with van der Waals surface area (Å²) in [5, 5.41) is 0. The summed E-state index contributed by atoms with van der Waals surface area (Å²) in [6.07, 6.45) is 1.03. The van der Waals surface area contributed by atoms with Gasteiger partial charge in [0, 0.05) is 26.3 Å². The average molecular weight is 266 g/mol. The molecule has 5 heteroatoms. The first-order chi connectivity index (χ1) is 8.63. The Morgan fingerprint density at radius 3 is 3.00 bits per heavy atom. The number of amides is 1. The Morgan fingerprint density at radius 1 is 1.50 bits per heavy atom. The molecular formula is C13H18N2O2S. The van der Waals surface area contributed by atoms with Crippen molar-refractivity contribution in [3.8, 4) is 5.75 Å². The van der Waals surface area contributed by atoms with E-state index in [0.717, 1.165) is 35.8 Å². The van der Waals surface area contributed by atoms with Gasteiger partial charge in [-0.15, -0.1) is 0 Å². The molecule has 1 amide bonds. The zero-order chi connectivity index (χ0) is 13.1. The second-order valence-electron chi connectivity index (χ2n) is 4.39. The van der Waals surface area contributed by atoms with E-state index in [4.69, 9.17) is 4.74 Å². The Bertz CT molecular complexity index is 451. The van der Waals surface area contributed by atoms with E-state index in [2.05, 4.69) is 17.5 Å². The van der Waals surface area contributed by atoms with E-state index in [9.17, 15) is 4.79 Å². The summed E-state index contributed by atoms with van der Waals surface area (Å²) in [5.41, 5.74) is 1.92. The number of hydrogen-bond acceptors (Lipinski definition) is 4. The van der Waals surface area contributed by atoms with Crippen LogP contribution in [0.15, 0.2) is 18.2 Å². The van der Waals surface area contributed by atoms with Crippen molar-refractivity contribution < 1.29 is 9.53 Å². The van der Waals surface area contributed by atoms with E-state index < -0.39 is 0 Å². The van der Waals surface area contributed by atoms with Crippen molar-refractivity contribution in [3.05, 3.63) is 18.2 Å². The Hall–Kier alpha value is -1.36. The maximum atomic E-state index is 11.6. The first kappa shape index (κ1) is 13.1. The first-order valence-corrected chi connectivity index (χ1v) is 6.62. The van der Waals surface area contributed by atoms with E-state index in [-0.39, 0.29) is 12.5 Å². The smallest absolute Gasteiger partial charge is 0.264 e. The molecule has 0 radical (unpaired) electrons. The highest BCUT2D eigenvalue weighted by Crippen LogP contribution is 2.34. The molecule has 0 unspecified atom stereocenters. The molecule has 0 aromatic heterocycles. The fraction of sp³-hybridized carbons (Fsp3) is 0.462. The molecule has 0 spiro atoms. The summed E-state index contributed by atoms with van der Waals surface area (Å²) >= 11 is 4.21. The zero-order valence-electron chi connectivity index (χ0n) is 10.7. The molecule has 1 aromatic rings. The van der Waals surface area contributed by atoms with Crippen LogP contribution >= 0.6 is 12.6 Å². The van der Waals surface area contributed by atoms with Crippen LogP contribution in [0.2, 0.25) is 0 Å². The minimum Gasteiger partial charge on any atom is -0.482 e. The summed E-state index contributed by atoms with van der Waals surface area (Å²) in [5.74, 6) is 1.62. The molecule has 0 saturated heterocycles. The fourth-order valence-corrected chi connectivity index (χ4v) is 2.08. The van der Waals surface area contributed by atoms with Gasteiger partial charge in [0.15, 0.2) is 6.61 Å². The number of benzene rings is 1. The van der Waals surface area contributed by atoms with Crippen LogP contribution in [0, 0.1) is 0 Å². The van der Waals surface area contributed by atoms with Gasteiger partial charge in [-0.25, -0.2) is 0 Å². The SMILES string of the molecule is CN(CCCS)c1ccc2c(c1)N(C)C(=O)CO2. The number of ether oxygens (including phenoxy) is 1. The normalized spacial score (nSPS) is 14.2. The molecule has 4 nitrogen and oxygen atoms in total. The van der Waals surface area contributed by atoms with Gasteiger partial charge in [-0.2, -0.15) is 12.6 Å². The molecule has 0 fully saturated rings. The molecule has 98 valence electrons. The van der Waals surface area contributed by atoms with Crippen LogP contribution in [0.4, 0.5) is 11.4 Å². The van der Waals surface area contributed by atoms with Gasteiger partial charge in [-0.3, -0.25) is 4.79 Å². The van der Waals surface area contributed by atoms with Crippen LogP contribution in [-0.2, 0) is 4.79 Å². The summed E-state index contributed by atoms with van der Waals surface area (Å²) in [6.45, 7) is 1.07. The van der Waals surface area contributed by atoms with Crippen molar-refractivity contribution >= 4 is 29.9 Å². The Morgan fingerprint density at radius 2 is 2.28 bits per heavy atom. The van der Waals surface area contributed by atoms with Gasteiger partial charge in [0.1, 0.15) is 5.75 Å². The predicted octanol–water partition coefficient (Wildman–Crippen LogP) is 1.80. The Kier molecular flexibility index (Phi) is 4.01. The summed E-state index contributed by atoms with van der Waals surface area (Å²) in [4.78, 5) is 15.4. The van der Waals surface area contributed by atoms with Gasteiger partial charge >= 0.3 is 0 Å². The molecule has 1 aliphatic heterocycles. The predicted molar refractivity (Wildman–Crippen MR) is 77.1 cm³/mol. The molecule has 0 saturated carbocycles. The number of nitrogens with zero attached hydrogens (tertiary/aromatic N) is 2. The maximum absolute atomic E-state index is 11.6. The molecule has 0 atom stereocenters. The molecule has 18 heavy (non-hydrogen) atoms. The number of anilines is 2. The van der Waals surface area contributed by atoms with Crippen molar-refractivity contribution in [3.63, 3.8) is 0 Å². The molecular weight excluding hydrogens is 248 g/mol. The van der Waals surface area contributed by atoms with Crippen LogP contribution < -0.4 is 14.5 Å². The van der Waals surface area contributed by atoms with Gasteiger partial charge < -0.3 is 14.5 Å². The average Bonchev–Trinajstić information content (AvgIpc) is 2.40. The number of rotatable bonds is 4. The summed E-state index contributed by atoms with van der Waals surface area (Å²) in [7, 11) is 3.82. The van der Waals surface area contributed by atoms with E-state index >= 15 is 0 Å². The van der Waals surface area contributed by atoms with Crippen molar-refractivity contribution in [2.45, 2.75) is 6.42 Å². The fourth-order valence-electron chi connectivity index (χ4n) is 1.94. The maximum Gasteiger partial charge on any atom is 0.264 e. The van der Waals surface area contributed by atoms with Crippen LogP contribution in [-0.4, -0.2) is 38.9 Å². The molecule has 2 rings (SSSR count). The lowest BCUT2D eigenvalue weighted by Crippen LogP contribution is -2.35. The van der Waals surface area contributed by atoms with E-state index in [0.29, 0.717) is 0 Å². The first-order valence-electron chi connectivity index (χ1n) is 5.99. The highest BCUT2D eigenvalue weighted by atomic mass is 32.1. The third-order valence-corrected chi connectivity index (χ3v) is 3.44. The van der Waals surface area contributed by atoms with Crippen molar-refractivity contribution in [1.29, 1.82) is 0 Å². The largest absolute Gasteiger partial charge is 0.482 e. The minimum atomic E-state index is -0.0161. The Labute approximate surface area is 113 Å². The lowest BCUT2D eigenvalue weighted by Gasteiger charge is -2.28. The van der Waals surface area contributed by atoms with E-state index in [1.54, 1.807) is 11.9 Å². The monoisotopic (exact) mass is 266 g/mol. The zero-order valence-corrected chi connectivity index (χ0v) is 11.6. The highest BCUT2D eigenvalue weighted by Gasteiger charge is 2.22. The lowest BCUT2D eigenvalue weighted by atomic mass is 10.2. The van der Waals surface area contributed by atoms with Crippen molar-refractivity contribution in [2.24, 2.45) is 0 Å². The van der Waals surface area contributed by atoms with Crippen LogP contribution in [0.25, 0.3) is 0 Å². The third-order valence-electron chi connectivity index (χ3n) is 3.12. The molecule has 1 heterocycles. The second-order valence-corrected chi connectivity index (χ2v) is 4.84. The van der Waals surface area contributed by atoms with Crippen LogP contribution in [0.1, 0.15) is 6.42 Å². The molecule has 1 aliphatic rings. The van der Waals surface area contributed by atoms with Crippen molar-refractivity contribution in [2.75, 3.05) is 42.8 Å². The summed E-state index contributed by atoms with van der Waals surface area (Å²) < 4.78 is 5.40. The van der Waals surface area contributed by atoms with Crippen LogP contribution in [0.5, 0.6) is 5.75 Å². The van der Waals surface area contributed by atoms with Gasteiger partial charge in [-0.05, 0) is 30.4 Å². The summed E-state index contributed by atoms with van der Waals surface area (Å²) in [6, 6.07) is 5.93.